The Bertz CT molecular complexity index is 2930. The van der Waals surface area contributed by atoms with E-state index in [1.165, 1.54) is 151 Å². The minimum absolute atomic E-state index is 0.194. The third kappa shape index (κ3) is 46.5. The Morgan fingerprint density at radius 2 is 0.198 bits per heavy atom. The second kappa shape index (κ2) is 58.5. The van der Waals surface area contributed by atoms with E-state index in [1.54, 1.807) is 0 Å². The van der Waals surface area contributed by atoms with Crippen LogP contribution in [0.2, 0.25) is 0 Å². The van der Waals surface area contributed by atoms with Crippen LogP contribution in [0.1, 0.15) is 241 Å². The summed E-state index contributed by atoms with van der Waals surface area (Å²) >= 11 is 0. The van der Waals surface area contributed by atoms with Gasteiger partial charge in [-0.05, 0) is 208 Å². The Morgan fingerprint density at radius 1 is 0.143 bits per heavy atom. The van der Waals surface area contributed by atoms with Crippen LogP contribution in [0.3, 0.4) is 0 Å². The van der Waals surface area contributed by atoms with Crippen LogP contribution >= 0.6 is 0 Å². The summed E-state index contributed by atoms with van der Waals surface area (Å²) in [5, 5.41) is 0. The van der Waals surface area contributed by atoms with E-state index in [4.69, 9.17) is 0 Å². The molecule has 126 heavy (non-hydrogen) atoms. The topological polar surface area (TPSA) is 0 Å². The van der Waals surface area contributed by atoms with Crippen molar-refractivity contribution in [2.24, 2.45) is 0 Å². The van der Waals surface area contributed by atoms with Gasteiger partial charge in [-0.25, -0.2) is 0 Å². The predicted molar refractivity (Wildman–Crippen MR) is 489 cm³/mol. The van der Waals surface area contributed by atoms with Crippen LogP contribution in [0.15, 0.2) is 182 Å². The van der Waals surface area contributed by atoms with Crippen molar-refractivity contribution in [3.8, 4) is 0 Å². The van der Waals surface area contributed by atoms with Gasteiger partial charge in [0.2, 0.25) is 0 Å². The van der Waals surface area contributed by atoms with Gasteiger partial charge in [0.15, 0.2) is 0 Å². The van der Waals surface area contributed by atoms with Crippen molar-refractivity contribution in [2.45, 2.75) is 241 Å². The van der Waals surface area contributed by atoms with Crippen molar-refractivity contribution >= 4 is 43.5 Å². The zero-order valence-electron chi connectivity index (χ0n) is 81.3. The molecule has 0 aliphatic carbocycles. The Morgan fingerprint density at radius 3 is 0.246 bits per heavy atom. The molecule has 0 saturated heterocycles. The highest BCUT2D eigenvalue weighted by atomic mass is 19.5. The Kier molecular flexibility index (Phi) is 60.7. The summed E-state index contributed by atoms with van der Waals surface area (Å²) in [6, 6.07) is 65.4. The molecule has 0 N–H and O–H groups in total. The lowest BCUT2D eigenvalue weighted by Crippen LogP contribution is -2.59. The standard InChI is InChI=1S/6C15H26N.6BF4/c6*1-6-16(7-2,8-3)15(4,5)14-12-10-9-11-13-14;6*2-1(3,4)5/h6*9-13H,6-8H2,1-5H3;;;;;;/q6*+1;6*-1. The molecule has 36 heteroatoms. The van der Waals surface area contributed by atoms with Crippen LogP contribution in [-0.4, -0.2) is 188 Å². The molecule has 6 aromatic rings. The maximum atomic E-state index is 9.75. The van der Waals surface area contributed by atoms with E-state index in [9.17, 15) is 104 Å². The van der Waals surface area contributed by atoms with Gasteiger partial charge in [-0.1, -0.05) is 182 Å². The Balaban J connectivity index is -0.000000321. The van der Waals surface area contributed by atoms with Gasteiger partial charge < -0.3 is 130 Å². The first-order valence-electron chi connectivity index (χ1n) is 44.0. The molecule has 0 fully saturated rings. The van der Waals surface area contributed by atoms with Gasteiger partial charge in [-0.3, -0.25) is 0 Å². The molecule has 0 bridgehead atoms. The summed E-state index contributed by atoms with van der Waals surface area (Å²) in [6.45, 7) is 91.4. The number of benzene rings is 6. The SMILES string of the molecule is CC[N+](CC)(CC)C(C)(C)c1ccccc1.CC[N+](CC)(CC)C(C)(C)c1ccccc1.CC[N+](CC)(CC)C(C)(C)c1ccccc1.CC[N+](CC)(CC)C(C)(C)c1ccccc1.CC[N+](CC)(CC)C(C)(C)c1ccccc1.CC[N+](CC)(CC)C(C)(C)c1ccccc1.F[B-](F)(F)F.F[B-](F)(F)F.F[B-](F)(F)F.F[B-](F)(F)F.F[B-](F)(F)F.F[B-](F)(F)F. The minimum atomic E-state index is -6.00. The fourth-order valence-corrected chi connectivity index (χ4v) is 17.9. The monoisotopic (exact) mass is 1840 g/mol. The van der Waals surface area contributed by atoms with E-state index in [2.05, 4.69) is 390 Å². The van der Waals surface area contributed by atoms with Gasteiger partial charge in [-0.15, -0.1) is 0 Å². The molecule has 6 nitrogen and oxygen atoms in total. The summed E-state index contributed by atoms with van der Waals surface area (Å²) in [5.41, 5.74) is 9.83. The molecule has 6 rings (SSSR count). The summed E-state index contributed by atoms with van der Waals surface area (Å²) in [5.74, 6) is 0. The molecule has 0 atom stereocenters. The molecule has 0 aliphatic rings. The summed E-state index contributed by atoms with van der Waals surface area (Å²) in [6.07, 6.45) is 0. The van der Waals surface area contributed by atoms with Gasteiger partial charge in [0.1, 0.15) is 33.2 Å². The van der Waals surface area contributed by atoms with E-state index in [0.29, 0.717) is 0 Å². The molecule has 0 unspecified atom stereocenters. The maximum absolute atomic E-state index is 9.75. The summed E-state index contributed by atoms with van der Waals surface area (Å²) in [7, 11) is -36.0. The van der Waals surface area contributed by atoms with Crippen molar-refractivity contribution in [1.29, 1.82) is 0 Å². The second-order valence-electron chi connectivity index (χ2n) is 33.1. The number of hydrogen-bond acceptors (Lipinski definition) is 0. The lowest BCUT2D eigenvalue weighted by atomic mass is 9.89. The highest BCUT2D eigenvalue weighted by Crippen LogP contribution is 2.40. The van der Waals surface area contributed by atoms with Crippen LogP contribution in [0.25, 0.3) is 0 Å². The molecule has 0 spiro atoms. The second-order valence-corrected chi connectivity index (χ2v) is 33.1. The van der Waals surface area contributed by atoms with Crippen LogP contribution in [0.5, 0.6) is 0 Å². The van der Waals surface area contributed by atoms with Crippen molar-refractivity contribution in [2.75, 3.05) is 118 Å². The molecule has 0 radical (unpaired) electrons. The molecule has 0 saturated carbocycles. The van der Waals surface area contributed by atoms with Gasteiger partial charge in [0.25, 0.3) is 0 Å². The van der Waals surface area contributed by atoms with E-state index >= 15 is 0 Å². The summed E-state index contributed by atoms with van der Waals surface area (Å²) in [4.78, 5) is 0. The molecular formula is C90H156B6F24N6. The van der Waals surface area contributed by atoms with Crippen LogP contribution < -0.4 is 0 Å². The number of hydrogen-bond donors (Lipinski definition) is 0. The molecule has 0 aliphatic heterocycles. The lowest BCUT2D eigenvalue weighted by molar-refractivity contribution is -0.975. The molecule has 0 amide bonds. The van der Waals surface area contributed by atoms with Crippen molar-refractivity contribution in [1.82, 2.24) is 0 Å². The quantitative estimate of drug-likeness (QED) is 0.0240. The zero-order chi connectivity index (χ0) is 100. The minimum Gasteiger partial charge on any atom is -0.418 e. The van der Waals surface area contributed by atoms with Crippen molar-refractivity contribution < 1.29 is 130 Å². The van der Waals surface area contributed by atoms with Gasteiger partial charge >= 0.3 is 43.5 Å². The van der Waals surface area contributed by atoms with Crippen molar-refractivity contribution in [3.63, 3.8) is 0 Å². The number of nitrogens with zero attached hydrogens (tertiary/aromatic N) is 6. The third-order valence-electron chi connectivity index (χ3n) is 26.9. The van der Waals surface area contributed by atoms with Crippen molar-refractivity contribution in [3.05, 3.63) is 215 Å². The average Bonchev–Trinajstić information content (AvgIpc) is 0.811. The molecule has 732 valence electrons. The van der Waals surface area contributed by atoms with Crippen LogP contribution in [0, 0.1) is 0 Å². The van der Waals surface area contributed by atoms with Crippen LogP contribution in [-0.2, 0) is 33.2 Å². The highest BCUT2D eigenvalue weighted by molar-refractivity contribution is 6.51. The average molecular weight is 1840 g/mol. The molecule has 0 aromatic heterocycles. The third-order valence-corrected chi connectivity index (χ3v) is 26.9. The molecular weight excluding hydrogens is 1690 g/mol. The van der Waals surface area contributed by atoms with Gasteiger partial charge in [0.05, 0.1) is 118 Å². The van der Waals surface area contributed by atoms with E-state index in [0.717, 1.165) is 26.9 Å². The van der Waals surface area contributed by atoms with Gasteiger partial charge in [0, 0.05) is 33.4 Å². The smallest absolute Gasteiger partial charge is 0.418 e. The van der Waals surface area contributed by atoms with E-state index in [1.807, 2.05) is 0 Å². The summed E-state index contributed by atoms with van der Waals surface area (Å²) < 4.78 is 241. The first kappa shape index (κ1) is 131. The highest BCUT2D eigenvalue weighted by Gasteiger charge is 2.47. The predicted octanol–water partition coefficient (Wildman–Crippen LogP) is 30.6. The Hall–Kier alpha value is -6.21. The fraction of sp³-hybridized carbons (Fsp3) is 0.600. The molecule has 6 aromatic carbocycles. The Labute approximate surface area is 744 Å². The zero-order valence-corrected chi connectivity index (χ0v) is 81.3. The van der Waals surface area contributed by atoms with Crippen LogP contribution in [0.4, 0.5) is 104 Å². The normalized spacial score (nSPS) is 12.6. The lowest BCUT2D eigenvalue weighted by Gasteiger charge is -2.49. The van der Waals surface area contributed by atoms with E-state index in [-0.39, 0.29) is 33.2 Å². The number of rotatable bonds is 30. The van der Waals surface area contributed by atoms with Gasteiger partial charge in [-0.2, -0.15) is 0 Å². The first-order valence-corrected chi connectivity index (χ1v) is 44.0. The maximum Gasteiger partial charge on any atom is 0.673 e. The first-order chi connectivity index (χ1) is 57.2. The number of quaternary nitrogens is 6. The number of halogens is 24. The largest absolute Gasteiger partial charge is 0.673 e. The fourth-order valence-electron chi connectivity index (χ4n) is 17.9. The molecule has 0 heterocycles. The van der Waals surface area contributed by atoms with E-state index < -0.39 is 43.5 Å².